The maximum absolute atomic E-state index is 12.2. The van der Waals surface area contributed by atoms with Gasteiger partial charge in [0.15, 0.2) is 0 Å². The summed E-state index contributed by atoms with van der Waals surface area (Å²) < 4.78 is 5.84. The first-order chi connectivity index (χ1) is 10.0. The van der Waals surface area contributed by atoms with Gasteiger partial charge in [-0.2, -0.15) is 0 Å². The van der Waals surface area contributed by atoms with Crippen LogP contribution in [0, 0.1) is 0 Å². The van der Waals surface area contributed by atoms with Crippen molar-refractivity contribution >= 4 is 5.91 Å². The van der Waals surface area contributed by atoms with Gasteiger partial charge in [0, 0.05) is 19.1 Å². The van der Waals surface area contributed by atoms with Crippen molar-refractivity contribution in [2.24, 2.45) is 5.73 Å². The molecule has 0 saturated heterocycles. The molecular formula is C17H26N2O2. The van der Waals surface area contributed by atoms with Crippen LogP contribution < -0.4 is 11.1 Å². The van der Waals surface area contributed by atoms with Crippen LogP contribution in [-0.2, 0) is 15.1 Å². The highest BCUT2D eigenvalue weighted by Crippen LogP contribution is 2.28. The van der Waals surface area contributed by atoms with E-state index in [4.69, 9.17) is 10.5 Å². The van der Waals surface area contributed by atoms with Gasteiger partial charge in [-0.25, -0.2) is 0 Å². The Balaban J connectivity index is 2.15. The lowest BCUT2D eigenvalue weighted by atomic mass is 9.85. The number of carbonyl (C=O) groups is 1. The van der Waals surface area contributed by atoms with Crippen molar-refractivity contribution < 1.29 is 9.53 Å². The van der Waals surface area contributed by atoms with Gasteiger partial charge in [-0.05, 0) is 38.7 Å². The summed E-state index contributed by atoms with van der Waals surface area (Å²) in [7, 11) is 0. The fraction of sp³-hybridized carbons (Fsp3) is 0.588. The zero-order valence-corrected chi connectivity index (χ0v) is 13.0. The number of ether oxygens (including phenoxy) is 1. The monoisotopic (exact) mass is 290 g/mol. The van der Waals surface area contributed by atoms with Crippen LogP contribution in [0.3, 0.4) is 0 Å². The third-order valence-corrected chi connectivity index (χ3v) is 4.11. The summed E-state index contributed by atoms with van der Waals surface area (Å²) in [5, 5.41) is 3.36. The second-order valence-electron chi connectivity index (χ2n) is 6.11. The quantitative estimate of drug-likeness (QED) is 0.772. The van der Waals surface area contributed by atoms with Crippen molar-refractivity contribution in [2.45, 2.75) is 57.2 Å². The van der Waals surface area contributed by atoms with Gasteiger partial charge in [0.1, 0.15) is 5.54 Å². The van der Waals surface area contributed by atoms with Gasteiger partial charge in [0.25, 0.3) is 0 Å². The average Bonchev–Trinajstić information content (AvgIpc) is 2.40. The Labute approximate surface area is 127 Å². The highest BCUT2D eigenvalue weighted by molar-refractivity contribution is 5.86. The van der Waals surface area contributed by atoms with Crippen LogP contribution in [0.4, 0.5) is 0 Å². The molecule has 1 atom stereocenters. The molecule has 0 bridgehead atoms. The normalized spacial score (nSPS) is 18.2. The molecule has 0 radical (unpaired) electrons. The summed E-state index contributed by atoms with van der Waals surface area (Å²) in [6, 6.07) is 9.85. The number of hydrogen-bond acceptors (Lipinski definition) is 3. The van der Waals surface area contributed by atoms with Crippen molar-refractivity contribution in [3.8, 4) is 0 Å². The lowest BCUT2D eigenvalue weighted by molar-refractivity contribution is -0.126. The van der Waals surface area contributed by atoms with E-state index in [1.54, 1.807) is 0 Å². The molecule has 1 fully saturated rings. The number of amides is 1. The number of carbonyl (C=O) groups excluding carboxylic acids is 1. The summed E-state index contributed by atoms with van der Waals surface area (Å²) in [6.07, 6.45) is 4.43. The third kappa shape index (κ3) is 3.83. The van der Waals surface area contributed by atoms with Crippen molar-refractivity contribution in [3.05, 3.63) is 35.9 Å². The van der Waals surface area contributed by atoms with E-state index in [1.807, 2.05) is 44.2 Å². The Bertz CT molecular complexity index is 457. The van der Waals surface area contributed by atoms with E-state index >= 15 is 0 Å². The largest absolute Gasteiger partial charge is 0.378 e. The molecule has 4 heteroatoms. The standard InChI is InChI=1S/C17H26N2O2/c1-13(2)19-17(16(18)20,14-7-4-3-5-8-14)11-12-21-15-9-6-10-15/h3-5,7-8,13,15,19H,6,9-12H2,1-2H3,(H2,18,20). The second kappa shape index (κ2) is 7.05. The molecule has 1 aliphatic carbocycles. The molecule has 1 saturated carbocycles. The fourth-order valence-corrected chi connectivity index (χ4v) is 2.77. The summed E-state index contributed by atoms with van der Waals surface area (Å²) in [5.74, 6) is -0.348. The Kier molecular flexibility index (Phi) is 5.37. The van der Waals surface area contributed by atoms with E-state index < -0.39 is 5.54 Å². The lowest BCUT2D eigenvalue weighted by Crippen LogP contribution is -2.55. The van der Waals surface area contributed by atoms with Gasteiger partial charge in [-0.15, -0.1) is 0 Å². The van der Waals surface area contributed by atoms with Crippen molar-refractivity contribution in [2.75, 3.05) is 6.61 Å². The first-order valence-electron chi connectivity index (χ1n) is 7.79. The van der Waals surface area contributed by atoms with Crippen LogP contribution in [-0.4, -0.2) is 24.7 Å². The van der Waals surface area contributed by atoms with E-state index in [2.05, 4.69) is 5.32 Å². The Morgan fingerprint density at radius 3 is 2.52 bits per heavy atom. The van der Waals surface area contributed by atoms with Crippen LogP contribution in [0.2, 0.25) is 0 Å². The molecule has 21 heavy (non-hydrogen) atoms. The van der Waals surface area contributed by atoms with Gasteiger partial charge in [-0.3, -0.25) is 10.1 Å². The molecule has 0 heterocycles. The van der Waals surface area contributed by atoms with Crippen molar-refractivity contribution in [3.63, 3.8) is 0 Å². The Morgan fingerprint density at radius 2 is 2.05 bits per heavy atom. The molecule has 1 aromatic carbocycles. The zero-order chi connectivity index (χ0) is 15.3. The first kappa shape index (κ1) is 16.0. The number of benzene rings is 1. The molecule has 1 unspecified atom stereocenters. The maximum atomic E-state index is 12.2. The van der Waals surface area contributed by atoms with Crippen LogP contribution in [0.15, 0.2) is 30.3 Å². The predicted molar refractivity (Wildman–Crippen MR) is 83.8 cm³/mol. The topological polar surface area (TPSA) is 64.3 Å². The SMILES string of the molecule is CC(C)NC(CCOC1CCC1)(C(N)=O)c1ccccc1. The Hall–Kier alpha value is -1.39. The highest BCUT2D eigenvalue weighted by Gasteiger charge is 2.38. The molecular weight excluding hydrogens is 264 g/mol. The summed E-state index contributed by atoms with van der Waals surface area (Å²) in [5.41, 5.74) is 5.80. The minimum absolute atomic E-state index is 0.154. The molecule has 1 aliphatic rings. The van der Waals surface area contributed by atoms with E-state index in [0.717, 1.165) is 18.4 Å². The van der Waals surface area contributed by atoms with Crippen LogP contribution in [0.5, 0.6) is 0 Å². The van der Waals surface area contributed by atoms with E-state index in [-0.39, 0.29) is 11.9 Å². The summed E-state index contributed by atoms with van der Waals surface area (Å²) in [4.78, 5) is 12.2. The fourth-order valence-electron chi connectivity index (χ4n) is 2.77. The van der Waals surface area contributed by atoms with Gasteiger partial charge in [0.2, 0.25) is 5.91 Å². The average molecular weight is 290 g/mol. The lowest BCUT2D eigenvalue weighted by Gasteiger charge is -2.35. The van der Waals surface area contributed by atoms with Gasteiger partial charge in [-0.1, -0.05) is 30.3 Å². The van der Waals surface area contributed by atoms with Gasteiger partial charge < -0.3 is 10.5 Å². The van der Waals surface area contributed by atoms with E-state index in [9.17, 15) is 4.79 Å². The molecule has 2 rings (SSSR count). The number of nitrogens with one attached hydrogen (secondary N) is 1. The number of hydrogen-bond donors (Lipinski definition) is 2. The molecule has 0 spiro atoms. The minimum Gasteiger partial charge on any atom is -0.378 e. The summed E-state index contributed by atoms with van der Waals surface area (Å²) >= 11 is 0. The summed E-state index contributed by atoms with van der Waals surface area (Å²) in [6.45, 7) is 4.59. The maximum Gasteiger partial charge on any atom is 0.242 e. The second-order valence-corrected chi connectivity index (χ2v) is 6.11. The molecule has 0 aromatic heterocycles. The zero-order valence-electron chi connectivity index (χ0n) is 13.0. The van der Waals surface area contributed by atoms with E-state index in [0.29, 0.717) is 19.1 Å². The molecule has 4 nitrogen and oxygen atoms in total. The van der Waals surface area contributed by atoms with E-state index in [1.165, 1.54) is 6.42 Å². The molecule has 3 N–H and O–H groups in total. The molecule has 1 aromatic rings. The number of rotatable bonds is 8. The first-order valence-corrected chi connectivity index (χ1v) is 7.79. The predicted octanol–water partition coefficient (Wildman–Crippen LogP) is 2.32. The molecule has 1 amide bonds. The molecule has 116 valence electrons. The Morgan fingerprint density at radius 1 is 1.38 bits per heavy atom. The van der Waals surface area contributed by atoms with Crippen molar-refractivity contribution in [1.29, 1.82) is 0 Å². The van der Waals surface area contributed by atoms with Crippen LogP contribution in [0.25, 0.3) is 0 Å². The van der Waals surface area contributed by atoms with Crippen LogP contribution >= 0.6 is 0 Å². The number of nitrogens with two attached hydrogens (primary N) is 1. The minimum atomic E-state index is -0.862. The van der Waals surface area contributed by atoms with Crippen LogP contribution in [0.1, 0.15) is 45.1 Å². The van der Waals surface area contributed by atoms with Gasteiger partial charge in [0.05, 0.1) is 6.10 Å². The highest BCUT2D eigenvalue weighted by atomic mass is 16.5. The number of primary amides is 1. The smallest absolute Gasteiger partial charge is 0.242 e. The van der Waals surface area contributed by atoms with Gasteiger partial charge >= 0.3 is 0 Å². The van der Waals surface area contributed by atoms with Crippen molar-refractivity contribution in [1.82, 2.24) is 5.32 Å². The third-order valence-electron chi connectivity index (χ3n) is 4.11. The molecule has 0 aliphatic heterocycles.